The van der Waals surface area contributed by atoms with Crippen LogP contribution >= 0.6 is 0 Å². The van der Waals surface area contributed by atoms with Gasteiger partial charge in [0.25, 0.3) is 0 Å². The van der Waals surface area contributed by atoms with Gasteiger partial charge in [-0.2, -0.15) is 0 Å². The quantitative estimate of drug-likeness (QED) is 0.682. The van der Waals surface area contributed by atoms with Gasteiger partial charge in [0.1, 0.15) is 5.76 Å². The molecule has 1 atom stereocenters. The van der Waals surface area contributed by atoms with Gasteiger partial charge in [-0.25, -0.2) is 0 Å². The highest BCUT2D eigenvalue weighted by Gasteiger charge is 2.19. The summed E-state index contributed by atoms with van der Waals surface area (Å²) in [5.41, 5.74) is 1.46. The molecule has 2 aromatic carbocycles. The molecule has 0 radical (unpaired) electrons. The number of aliphatic carboxylic acids is 1. The lowest BCUT2D eigenvalue weighted by atomic mass is 9.97. The lowest BCUT2D eigenvalue weighted by Gasteiger charge is -2.14. The molecule has 0 saturated heterocycles. The summed E-state index contributed by atoms with van der Waals surface area (Å²) in [5, 5.41) is 18.1. The Morgan fingerprint density at radius 1 is 1.15 bits per heavy atom. The lowest BCUT2D eigenvalue weighted by molar-refractivity contribution is -0.141. The highest BCUT2D eigenvalue weighted by atomic mass is 16.5. The Morgan fingerprint density at radius 3 is 2.62 bits per heavy atom. The molecule has 0 aliphatic rings. The number of hydrogen-bond donors (Lipinski definition) is 2. The molecule has 0 aliphatic heterocycles. The standard InChI is InChI=1S/C20H20N2O4/c1-13-8-18(22-26-13)11-19(23)21-12-17(20(24)25)10-14-6-7-15-4-2-3-5-16(15)9-14/h2-9,17H,10-12H2,1H3,(H,21,23)(H,24,25). The molecule has 1 unspecified atom stereocenters. The highest BCUT2D eigenvalue weighted by Crippen LogP contribution is 2.18. The number of carbonyl (C=O) groups is 2. The van der Waals surface area contributed by atoms with Crippen molar-refractivity contribution < 1.29 is 19.2 Å². The molecule has 134 valence electrons. The zero-order valence-corrected chi connectivity index (χ0v) is 14.4. The molecule has 1 amide bonds. The van der Waals surface area contributed by atoms with Gasteiger partial charge in [-0.05, 0) is 29.7 Å². The number of nitrogens with one attached hydrogen (secondary N) is 1. The van der Waals surface area contributed by atoms with Crippen molar-refractivity contribution in [3.8, 4) is 0 Å². The predicted octanol–water partition coefficient (Wildman–Crippen LogP) is 2.74. The fourth-order valence-corrected chi connectivity index (χ4v) is 2.86. The lowest BCUT2D eigenvalue weighted by Crippen LogP contribution is -2.35. The van der Waals surface area contributed by atoms with E-state index in [2.05, 4.69) is 10.5 Å². The molecule has 6 nitrogen and oxygen atoms in total. The van der Waals surface area contributed by atoms with Crippen molar-refractivity contribution in [2.24, 2.45) is 5.92 Å². The van der Waals surface area contributed by atoms with E-state index in [1.165, 1.54) is 0 Å². The predicted molar refractivity (Wildman–Crippen MR) is 96.7 cm³/mol. The van der Waals surface area contributed by atoms with Crippen molar-refractivity contribution in [1.29, 1.82) is 0 Å². The topological polar surface area (TPSA) is 92.4 Å². The molecule has 2 N–H and O–H groups in total. The fourth-order valence-electron chi connectivity index (χ4n) is 2.86. The van der Waals surface area contributed by atoms with Crippen molar-refractivity contribution in [1.82, 2.24) is 10.5 Å². The number of hydrogen-bond acceptors (Lipinski definition) is 4. The van der Waals surface area contributed by atoms with Crippen LogP contribution in [-0.4, -0.2) is 28.7 Å². The maximum absolute atomic E-state index is 12.0. The molecular formula is C20H20N2O4. The second kappa shape index (κ2) is 7.82. The van der Waals surface area contributed by atoms with Crippen LogP contribution in [-0.2, 0) is 22.4 Å². The van der Waals surface area contributed by atoms with Crippen LogP contribution in [0.3, 0.4) is 0 Å². The molecule has 0 fully saturated rings. The van der Waals surface area contributed by atoms with E-state index in [1.54, 1.807) is 13.0 Å². The van der Waals surface area contributed by atoms with Gasteiger partial charge in [-0.15, -0.1) is 0 Å². The van der Waals surface area contributed by atoms with Gasteiger partial charge in [0, 0.05) is 12.6 Å². The van der Waals surface area contributed by atoms with Crippen LogP contribution in [0.2, 0.25) is 0 Å². The van der Waals surface area contributed by atoms with Gasteiger partial charge in [0.05, 0.1) is 18.0 Å². The highest BCUT2D eigenvalue weighted by molar-refractivity contribution is 5.83. The van der Waals surface area contributed by atoms with E-state index >= 15 is 0 Å². The van der Waals surface area contributed by atoms with E-state index < -0.39 is 11.9 Å². The molecule has 3 aromatic rings. The summed E-state index contributed by atoms with van der Waals surface area (Å²) in [7, 11) is 0. The molecule has 26 heavy (non-hydrogen) atoms. The second-order valence-electron chi connectivity index (χ2n) is 6.33. The van der Waals surface area contributed by atoms with Crippen LogP contribution in [0.25, 0.3) is 10.8 Å². The summed E-state index contributed by atoms with van der Waals surface area (Å²) < 4.78 is 4.92. The van der Waals surface area contributed by atoms with Crippen molar-refractivity contribution in [3.63, 3.8) is 0 Å². The van der Waals surface area contributed by atoms with Gasteiger partial charge in [0.15, 0.2) is 0 Å². The van der Waals surface area contributed by atoms with Crippen molar-refractivity contribution in [2.45, 2.75) is 19.8 Å². The number of carboxylic acid groups (broad SMARTS) is 1. The first-order valence-corrected chi connectivity index (χ1v) is 8.40. The molecule has 0 saturated carbocycles. The number of aryl methyl sites for hydroxylation is 1. The number of carboxylic acids is 1. The number of nitrogens with zero attached hydrogens (tertiary/aromatic N) is 1. The smallest absolute Gasteiger partial charge is 0.308 e. The van der Waals surface area contributed by atoms with E-state index in [-0.39, 0.29) is 18.9 Å². The Bertz CT molecular complexity index is 932. The average Bonchev–Trinajstić information content (AvgIpc) is 3.03. The van der Waals surface area contributed by atoms with Gasteiger partial charge < -0.3 is 14.9 Å². The first-order chi connectivity index (χ1) is 12.5. The minimum absolute atomic E-state index is 0.0673. The number of fused-ring (bicyclic) bond motifs is 1. The zero-order valence-electron chi connectivity index (χ0n) is 14.4. The Labute approximate surface area is 150 Å². The minimum Gasteiger partial charge on any atom is -0.481 e. The number of rotatable bonds is 7. The molecule has 1 aromatic heterocycles. The summed E-state index contributed by atoms with van der Waals surface area (Å²) in [6.07, 6.45) is 0.420. The second-order valence-corrected chi connectivity index (χ2v) is 6.33. The summed E-state index contributed by atoms with van der Waals surface area (Å²) in [6, 6.07) is 15.5. The van der Waals surface area contributed by atoms with Crippen LogP contribution in [0.15, 0.2) is 53.1 Å². The van der Waals surface area contributed by atoms with E-state index in [1.807, 2.05) is 42.5 Å². The SMILES string of the molecule is Cc1cc(CC(=O)NCC(Cc2ccc3ccccc3c2)C(=O)O)no1. The Hall–Kier alpha value is -3.15. The third-order valence-corrected chi connectivity index (χ3v) is 4.21. The first kappa shape index (κ1) is 17.7. The average molecular weight is 352 g/mol. The van der Waals surface area contributed by atoms with Crippen LogP contribution in [0.4, 0.5) is 0 Å². The number of benzene rings is 2. The minimum atomic E-state index is -0.935. The number of amides is 1. The summed E-state index contributed by atoms with van der Waals surface area (Å²) >= 11 is 0. The number of aromatic nitrogens is 1. The van der Waals surface area contributed by atoms with E-state index in [0.29, 0.717) is 17.9 Å². The Morgan fingerprint density at radius 2 is 1.92 bits per heavy atom. The monoisotopic (exact) mass is 352 g/mol. The molecule has 6 heteroatoms. The summed E-state index contributed by atoms with van der Waals surface area (Å²) in [5.74, 6) is -1.27. The maximum atomic E-state index is 12.0. The zero-order chi connectivity index (χ0) is 18.5. The molecule has 0 aliphatic carbocycles. The molecule has 0 spiro atoms. The van der Waals surface area contributed by atoms with Gasteiger partial charge in [0.2, 0.25) is 5.91 Å². The van der Waals surface area contributed by atoms with Crippen LogP contribution in [0, 0.1) is 12.8 Å². The first-order valence-electron chi connectivity index (χ1n) is 8.40. The van der Waals surface area contributed by atoms with E-state index in [4.69, 9.17) is 4.52 Å². The van der Waals surface area contributed by atoms with Crippen molar-refractivity contribution in [3.05, 3.63) is 65.5 Å². The van der Waals surface area contributed by atoms with Crippen LogP contribution < -0.4 is 5.32 Å². The van der Waals surface area contributed by atoms with E-state index in [9.17, 15) is 14.7 Å². The van der Waals surface area contributed by atoms with Crippen molar-refractivity contribution in [2.75, 3.05) is 6.54 Å². The van der Waals surface area contributed by atoms with Crippen LogP contribution in [0.5, 0.6) is 0 Å². The molecule has 1 heterocycles. The fraction of sp³-hybridized carbons (Fsp3) is 0.250. The van der Waals surface area contributed by atoms with Gasteiger partial charge in [-0.1, -0.05) is 47.6 Å². The normalized spacial score (nSPS) is 12.0. The van der Waals surface area contributed by atoms with Gasteiger partial charge in [-0.3, -0.25) is 9.59 Å². The molecule has 3 rings (SSSR count). The molecule has 0 bridgehead atoms. The Kier molecular flexibility index (Phi) is 5.31. The molecular weight excluding hydrogens is 332 g/mol. The van der Waals surface area contributed by atoms with E-state index in [0.717, 1.165) is 16.3 Å². The van der Waals surface area contributed by atoms with Crippen molar-refractivity contribution >= 4 is 22.6 Å². The number of carbonyl (C=O) groups excluding carboxylic acids is 1. The summed E-state index contributed by atoms with van der Waals surface area (Å²) in [6.45, 7) is 1.82. The third kappa shape index (κ3) is 4.47. The third-order valence-electron chi connectivity index (χ3n) is 4.21. The largest absolute Gasteiger partial charge is 0.481 e. The summed E-state index contributed by atoms with van der Waals surface area (Å²) in [4.78, 5) is 23.6. The maximum Gasteiger partial charge on any atom is 0.308 e. The Balaban J connectivity index is 1.61. The van der Waals surface area contributed by atoms with Gasteiger partial charge >= 0.3 is 5.97 Å². The van der Waals surface area contributed by atoms with Crippen LogP contribution in [0.1, 0.15) is 17.0 Å².